The molecule has 11 heavy (non-hydrogen) atoms. The lowest BCUT2D eigenvalue weighted by molar-refractivity contribution is 1.07. The van der Waals surface area contributed by atoms with E-state index in [0.717, 1.165) is 12.1 Å². The summed E-state index contributed by atoms with van der Waals surface area (Å²) in [6.45, 7) is 11.6. The van der Waals surface area contributed by atoms with Crippen molar-refractivity contribution >= 4 is 6.21 Å². The normalized spacial score (nSPS) is 10.7. The van der Waals surface area contributed by atoms with E-state index in [1.165, 1.54) is 0 Å². The molecule has 0 unspecified atom stereocenters. The van der Waals surface area contributed by atoms with Crippen LogP contribution in [-0.2, 0) is 0 Å². The lowest BCUT2D eigenvalue weighted by atomic mass is 10.3. The Morgan fingerprint density at radius 2 is 2.00 bits per heavy atom. The van der Waals surface area contributed by atoms with Gasteiger partial charge in [0.05, 0.1) is 0 Å². The highest BCUT2D eigenvalue weighted by molar-refractivity contribution is 5.55. The van der Waals surface area contributed by atoms with Gasteiger partial charge >= 0.3 is 0 Å². The zero-order valence-electron chi connectivity index (χ0n) is 8.09. The summed E-state index contributed by atoms with van der Waals surface area (Å²) in [7, 11) is 0. The first-order valence-electron chi connectivity index (χ1n) is 4.15. The van der Waals surface area contributed by atoms with Crippen LogP contribution >= 0.6 is 0 Å². The Balaban J connectivity index is 0. The van der Waals surface area contributed by atoms with E-state index >= 15 is 0 Å². The van der Waals surface area contributed by atoms with Crippen molar-refractivity contribution in [2.75, 3.05) is 0 Å². The van der Waals surface area contributed by atoms with Gasteiger partial charge in [-0.25, -0.2) is 0 Å². The van der Waals surface area contributed by atoms with Crippen molar-refractivity contribution in [3.05, 3.63) is 24.4 Å². The lowest BCUT2D eigenvalue weighted by Crippen LogP contribution is -1.72. The van der Waals surface area contributed by atoms with E-state index in [4.69, 9.17) is 0 Å². The van der Waals surface area contributed by atoms with Crippen LogP contribution < -0.4 is 0 Å². The predicted octanol–water partition coefficient (Wildman–Crippen LogP) is 3.58. The summed E-state index contributed by atoms with van der Waals surface area (Å²) < 4.78 is 0. The molecule has 0 N–H and O–H groups in total. The van der Waals surface area contributed by atoms with Crippen LogP contribution in [-0.4, -0.2) is 6.21 Å². The molecule has 0 aliphatic heterocycles. The molecule has 0 atom stereocenters. The van der Waals surface area contributed by atoms with Gasteiger partial charge in [0, 0.05) is 11.9 Å². The molecule has 0 saturated heterocycles. The number of hydrogen-bond donors (Lipinski definition) is 0. The van der Waals surface area contributed by atoms with Crippen LogP contribution in [0.2, 0.25) is 0 Å². The van der Waals surface area contributed by atoms with E-state index in [2.05, 4.69) is 18.5 Å². The molecule has 0 fully saturated rings. The molecule has 0 rings (SSSR count). The molecule has 0 amide bonds. The first-order valence-corrected chi connectivity index (χ1v) is 4.15. The molecule has 0 heterocycles. The number of nitrogens with zero attached hydrogens (tertiary/aromatic N) is 1. The first-order chi connectivity index (χ1) is 5.35. The number of hydrogen-bond acceptors (Lipinski definition) is 1. The summed E-state index contributed by atoms with van der Waals surface area (Å²) in [5.74, 6) is 0. The molecule has 0 aliphatic rings. The van der Waals surface area contributed by atoms with Gasteiger partial charge < -0.3 is 0 Å². The van der Waals surface area contributed by atoms with Gasteiger partial charge in [0.1, 0.15) is 0 Å². The van der Waals surface area contributed by atoms with Gasteiger partial charge in [-0.15, -0.1) is 0 Å². The van der Waals surface area contributed by atoms with E-state index < -0.39 is 0 Å². The van der Waals surface area contributed by atoms with Crippen molar-refractivity contribution in [3.8, 4) is 0 Å². The summed E-state index contributed by atoms with van der Waals surface area (Å²) in [5.41, 5.74) is 1.08. The Labute approximate surface area is 70.5 Å². The van der Waals surface area contributed by atoms with Crippen LogP contribution in [0.3, 0.4) is 0 Å². The Bertz CT molecular complexity index is 132. The van der Waals surface area contributed by atoms with Gasteiger partial charge in [-0.1, -0.05) is 33.4 Å². The van der Waals surface area contributed by atoms with Crippen LogP contribution in [0.15, 0.2) is 29.4 Å². The maximum Gasteiger partial charge on any atom is 0.0396 e. The molecule has 1 heteroatoms. The van der Waals surface area contributed by atoms with Gasteiger partial charge in [-0.05, 0) is 19.4 Å². The maximum atomic E-state index is 4.10. The summed E-state index contributed by atoms with van der Waals surface area (Å²) in [5, 5.41) is 0. The van der Waals surface area contributed by atoms with Crippen molar-refractivity contribution in [2.45, 2.75) is 34.1 Å². The number of allylic oxidation sites excluding steroid dienone is 3. The quantitative estimate of drug-likeness (QED) is 0.434. The lowest BCUT2D eigenvalue weighted by Gasteiger charge is -1.90. The first kappa shape index (κ1) is 12.8. The third kappa shape index (κ3) is 9.15. The summed E-state index contributed by atoms with van der Waals surface area (Å²) in [6, 6.07) is 0. The van der Waals surface area contributed by atoms with Crippen LogP contribution in [0, 0.1) is 0 Å². The molecule has 0 aromatic heterocycles. The molecule has 0 aromatic rings. The average Bonchev–Trinajstić information content (AvgIpc) is 2.08. The smallest absolute Gasteiger partial charge is 0.0396 e. The van der Waals surface area contributed by atoms with Crippen LogP contribution in [0.5, 0.6) is 0 Å². The van der Waals surface area contributed by atoms with E-state index in [1.54, 1.807) is 12.3 Å². The molecule has 1 nitrogen and oxygen atoms in total. The third-order valence-electron chi connectivity index (χ3n) is 0.967. The van der Waals surface area contributed by atoms with E-state index in [0.29, 0.717) is 0 Å². The van der Waals surface area contributed by atoms with Crippen molar-refractivity contribution in [1.82, 2.24) is 0 Å². The highest BCUT2D eigenvalue weighted by Crippen LogP contribution is 2.00. The Kier molecular flexibility index (Phi) is 13.8. The topological polar surface area (TPSA) is 12.4 Å². The molecule has 64 valence electrons. The maximum absolute atomic E-state index is 4.10. The molecular formula is C10H19N. The number of rotatable bonds is 3. The Morgan fingerprint density at radius 1 is 1.45 bits per heavy atom. The minimum atomic E-state index is 0.969. The van der Waals surface area contributed by atoms with Crippen molar-refractivity contribution in [1.29, 1.82) is 0 Å². The fourth-order valence-corrected chi connectivity index (χ4v) is 0.554. The fourth-order valence-electron chi connectivity index (χ4n) is 0.554. The minimum Gasteiger partial charge on any atom is -0.266 e. The standard InChI is InChI=1S/C8H13N.C2H6/c1-4-7-8(5-2)9-6-3;1-2/h4,6-7H,1,5H2,2-3H3;1-2H3/b8-7-,9-6?;. The summed E-state index contributed by atoms with van der Waals surface area (Å²) in [6.07, 6.45) is 6.43. The Morgan fingerprint density at radius 3 is 2.27 bits per heavy atom. The van der Waals surface area contributed by atoms with Crippen molar-refractivity contribution < 1.29 is 0 Å². The SMILES string of the molecule is C=C/C=C(/CC)N=CC.CC. The van der Waals surface area contributed by atoms with E-state index in [1.807, 2.05) is 26.8 Å². The highest BCUT2D eigenvalue weighted by atomic mass is 14.7. The van der Waals surface area contributed by atoms with Gasteiger partial charge in [0.2, 0.25) is 0 Å². The largest absolute Gasteiger partial charge is 0.266 e. The second-order valence-corrected chi connectivity index (χ2v) is 1.63. The molecular weight excluding hydrogens is 134 g/mol. The molecule has 0 bridgehead atoms. The van der Waals surface area contributed by atoms with E-state index in [9.17, 15) is 0 Å². The van der Waals surface area contributed by atoms with Gasteiger partial charge in [-0.2, -0.15) is 0 Å². The zero-order chi connectivity index (χ0) is 9.11. The second-order valence-electron chi connectivity index (χ2n) is 1.63. The Hall–Kier alpha value is -0.850. The molecule has 0 aromatic carbocycles. The monoisotopic (exact) mass is 153 g/mol. The zero-order valence-corrected chi connectivity index (χ0v) is 8.09. The molecule has 0 spiro atoms. The average molecular weight is 153 g/mol. The van der Waals surface area contributed by atoms with Crippen LogP contribution in [0.4, 0.5) is 0 Å². The highest BCUT2D eigenvalue weighted by Gasteiger charge is 1.82. The predicted molar refractivity (Wildman–Crippen MR) is 54.1 cm³/mol. The van der Waals surface area contributed by atoms with Gasteiger partial charge in [0.25, 0.3) is 0 Å². The molecule has 0 radical (unpaired) electrons. The van der Waals surface area contributed by atoms with Crippen molar-refractivity contribution in [2.24, 2.45) is 4.99 Å². The van der Waals surface area contributed by atoms with Crippen LogP contribution in [0.1, 0.15) is 34.1 Å². The van der Waals surface area contributed by atoms with Gasteiger partial charge in [-0.3, -0.25) is 4.99 Å². The second kappa shape index (κ2) is 11.9. The van der Waals surface area contributed by atoms with E-state index in [-0.39, 0.29) is 0 Å². The minimum absolute atomic E-state index is 0.969. The molecule has 0 aliphatic carbocycles. The van der Waals surface area contributed by atoms with Crippen molar-refractivity contribution in [3.63, 3.8) is 0 Å². The number of aliphatic imine (C=N–C) groups is 1. The third-order valence-corrected chi connectivity index (χ3v) is 0.967. The van der Waals surface area contributed by atoms with Crippen LogP contribution in [0.25, 0.3) is 0 Å². The summed E-state index contributed by atoms with van der Waals surface area (Å²) in [4.78, 5) is 4.10. The summed E-state index contributed by atoms with van der Waals surface area (Å²) >= 11 is 0. The molecule has 0 saturated carbocycles. The fraction of sp³-hybridized carbons (Fsp3) is 0.500. The van der Waals surface area contributed by atoms with Gasteiger partial charge in [0.15, 0.2) is 0 Å².